The fraction of sp³-hybridized carbons (Fsp3) is 0.500. The van der Waals surface area contributed by atoms with E-state index in [2.05, 4.69) is 21.3 Å². The van der Waals surface area contributed by atoms with E-state index in [9.17, 15) is 22.8 Å². The van der Waals surface area contributed by atoms with Crippen molar-refractivity contribution in [1.82, 2.24) is 10.2 Å². The average molecular weight is 463 g/mol. The van der Waals surface area contributed by atoms with Crippen LogP contribution < -0.4 is 5.32 Å². The maximum atomic E-state index is 12.7. The van der Waals surface area contributed by atoms with Gasteiger partial charge in [-0.1, -0.05) is 11.8 Å². The first-order valence-corrected chi connectivity index (χ1v) is 12.2. The Morgan fingerprint density at radius 1 is 1.16 bits per heavy atom. The fourth-order valence-electron chi connectivity index (χ4n) is 3.61. The number of ether oxygens (including phenoxy) is 1. The van der Waals surface area contributed by atoms with Crippen LogP contribution in [0, 0.1) is 11.8 Å². The molecular formula is C22H26N2O7S. The van der Waals surface area contributed by atoms with Crippen molar-refractivity contribution in [3.63, 3.8) is 0 Å². The first-order valence-electron chi connectivity index (χ1n) is 10.4. The summed E-state index contributed by atoms with van der Waals surface area (Å²) < 4.78 is 31.8. The Hall–Kier alpha value is -2.74. The molecule has 2 aliphatic heterocycles. The third kappa shape index (κ3) is 6.63. The minimum atomic E-state index is -3.38. The topological polar surface area (TPSA) is 119 Å². The molecule has 10 heteroatoms. The van der Waals surface area contributed by atoms with Crippen LogP contribution in [0.1, 0.15) is 53.6 Å². The summed E-state index contributed by atoms with van der Waals surface area (Å²) in [6.45, 7) is 1.28. The molecule has 1 aromatic carbocycles. The van der Waals surface area contributed by atoms with E-state index in [1.807, 2.05) is 6.07 Å². The van der Waals surface area contributed by atoms with Crippen LogP contribution >= 0.6 is 0 Å². The molecule has 1 fully saturated rings. The Morgan fingerprint density at radius 2 is 1.94 bits per heavy atom. The molecule has 1 unspecified atom stereocenters. The number of nitrogens with zero attached hydrogens (tertiary/aromatic N) is 1. The zero-order valence-corrected chi connectivity index (χ0v) is 18.7. The predicted octanol–water partition coefficient (Wildman–Crippen LogP) is 0.962. The number of hydrogen-bond donors (Lipinski definition) is 1. The number of carbonyl (C=O) groups is 3. The molecule has 1 N–H and O–H groups in total. The van der Waals surface area contributed by atoms with Gasteiger partial charge in [0.1, 0.15) is 12.6 Å². The van der Waals surface area contributed by atoms with Crippen molar-refractivity contribution in [3.05, 3.63) is 34.9 Å². The third-order valence-electron chi connectivity index (χ3n) is 5.16. The van der Waals surface area contributed by atoms with Crippen molar-refractivity contribution in [2.45, 2.75) is 44.7 Å². The van der Waals surface area contributed by atoms with Gasteiger partial charge in [-0.05, 0) is 49.4 Å². The number of fused-ring (bicyclic) bond motifs is 1. The summed E-state index contributed by atoms with van der Waals surface area (Å²) in [6.07, 6.45) is 3.81. The van der Waals surface area contributed by atoms with Crippen LogP contribution in [0.5, 0.6) is 0 Å². The van der Waals surface area contributed by atoms with Crippen molar-refractivity contribution >= 4 is 27.8 Å². The van der Waals surface area contributed by atoms with Crippen molar-refractivity contribution in [2.75, 3.05) is 26.1 Å². The second-order valence-electron chi connectivity index (χ2n) is 7.71. The molecule has 0 aromatic heterocycles. The Kier molecular flexibility index (Phi) is 8.01. The van der Waals surface area contributed by atoms with E-state index in [4.69, 9.17) is 4.74 Å². The van der Waals surface area contributed by atoms with E-state index in [1.54, 1.807) is 12.1 Å². The summed E-state index contributed by atoms with van der Waals surface area (Å²) >= 11 is 0. The lowest BCUT2D eigenvalue weighted by molar-refractivity contribution is -0.136. The molecule has 1 atom stereocenters. The largest absolute Gasteiger partial charge is 0.369 e. The number of carbonyl (C=O) groups excluding carboxylic acids is 3. The highest BCUT2D eigenvalue weighted by Crippen LogP contribution is 2.28. The molecule has 0 radical (unpaired) electrons. The average Bonchev–Trinajstić information content (AvgIpc) is 3.04. The number of hydrogen-bond acceptors (Lipinski definition) is 7. The molecular weight excluding hydrogens is 436 g/mol. The molecule has 0 aliphatic carbocycles. The number of amides is 3. The van der Waals surface area contributed by atoms with E-state index in [1.165, 1.54) is 4.90 Å². The number of imide groups is 1. The van der Waals surface area contributed by atoms with Gasteiger partial charge in [0.2, 0.25) is 11.8 Å². The Labute approximate surface area is 187 Å². The number of nitrogens with one attached hydrogen (secondary N) is 1. The molecule has 32 heavy (non-hydrogen) atoms. The van der Waals surface area contributed by atoms with Gasteiger partial charge in [-0.25, -0.2) is 0 Å². The Balaban J connectivity index is 1.42. The summed E-state index contributed by atoms with van der Waals surface area (Å²) in [5.41, 5.74) is 2.11. The zero-order valence-electron chi connectivity index (χ0n) is 17.9. The number of benzene rings is 1. The summed E-state index contributed by atoms with van der Waals surface area (Å²) in [5, 5.41) is 2.29. The van der Waals surface area contributed by atoms with Gasteiger partial charge in [0, 0.05) is 30.7 Å². The van der Waals surface area contributed by atoms with Gasteiger partial charge < -0.3 is 9.64 Å². The molecule has 0 bridgehead atoms. The third-order valence-corrected chi connectivity index (χ3v) is 5.76. The second kappa shape index (κ2) is 10.7. The predicted molar refractivity (Wildman–Crippen MR) is 115 cm³/mol. The van der Waals surface area contributed by atoms with E-state index in [0.29, 0.717) is 31.6 Å². The van der Waals surface area contributed by atoms with Gasteiger partial charge in [-0.2, -0.15) is 8.42 Å². The lowest BCUT2D eigenvalue weighted by atomic mass is 10.0. The molecule has 1 saturated heterocycles. The molecule has 3 amide bonds. The second-order valence-corrected chi connectivity index (χ2v) is 9.36. The van der Waals surface area contributed by atoms with E-state index >= 15 is 0 Å². The smallest absolute Gasteiger partial charge is 0.264 e. The standard InChI is InChI=1S/C22H26N2O7S/c1-32(28,29)31-13-4-2-3-11-30-12-5-6-16-7-8-18-17(14-16)15-24(22(18)27)19-9-10-20(25)23-21(19)26/h7-8,14,19H,2-4,9-13,15H2,1H3,(H,23,25,26). The van der Waals surface area contributed by atoms with Crippen LogP contribution in [-0.4, -0.2) is 63.2 Å². The zero-order chi connectivity index (χ0) is 23.1. The van der Waals surface area contributed by atoms with E-state index in [0.717, 1.165) is 30.2 Å². The number of rotatable bonds is 9. The van der Waals surface area contributed by atoms with Gasteiger partial charge in [0.25, 0.3) is 16.0 Å². The Morgan fingerprint density at radius 3 is 2.69 bits per heavy atom. The van der Waals surface area contributed by atoms with Crippen molar-refractivity contribution in [1.29, 1.82) is 0 Å². The SMILES string of the molecule is CS(=O)(=O)OCCCCCOCC#Cc1ccc2c(c1)CN(C1CCC(=O)NC1=O)C2=O. The minimum Gasteiger partial charge on any atom is -0.369 e. The maximum absolute atomic E-state index is 12.7. The minimum absolute atomic E-state index is 0.181. The first-order chi connectivity index (χ1) is 15.2. The number of piperidine rings is 1. The van der Waals surface area contributed by atoms with Crippen molar-refractivity contribution in [3.8, 4) is 11.8 Å². The van der Waals surface area contributed by atoms with Gasteiger partial charge >= 0.3 is 0 Å². The van der Waals surface area contributed by atoms with Crippen LogP contribution in [0.3, 0.4) is 0 Å². The molecule has 9 nitrogen and oxygen atoms in total. The van der Waals surface area contributed by atoms with E-state index in [-0.39, 0.29) is 31.4 Å². The molecule has 3 rings (SSSR count). The molecule has 172 valence electrons. The van der Waals surface area contributed by atoms with Gasteiger partial charge in [-0.15, -0.1) is 0 Å². The highest BCUT2D eigenvalue weighted by atomic mass is 32.2. The fourth-order valence-corrected chi connectivity index (χ4v) is 4.03. The van der Waals surface area contributed by atoms with Crippen LogP contribution in [0.4, 0.5) is 0 Å². The van der Waals surface area contributed by atoms with Crippen molar-refractivity contribution < 1.29 is 31.7 Å². The summed E-state index contributed by atoms with van der Waals surface area (Å²) in [7, 11) is -3.38. The molecule has 1 aromatic rings. The lowest BCUT2D eigenvalue weighted by Gasteiger charge is -2.29. The molecule has 0 spiro atoms. The van der Waals surface area contributed by atoms with Crippen LogP contribution in [0.25, 0.3) is 0 Å². The Bertz CT molecular complexity index is 1060. The van der Waals surface area contributed by atoms with Crippen LogP contribution in [-0.2, 0) is 35.2 Å². The number of unbranched alkanes of at least 4 members (excludes halogenated alkanes) is 2. The summed E-state index contributed by atoms with van der Waals surface area (Å²) in [4.78, 5) is 37.6. The first kappa shape index (κ1) is 23.9. The summed E-state index contributed by atoms with van der Waals surface area (Å²) in [6, 6.07) is 4.69. The molecule has 2 aliphatic rings. The normalized spacial score (nSPS) is 18.2. The maximum Gasteiger partial charge on any atom is 0.264 e. The highest BCUT2D eigenvalue weighted by Gasteiger charge is 2.38. The van der Waals surface area contributed by atoms with Crippen molar-refractivity contribution in [2.24, 2.45) is 0 Å². The van der Waals surface area contributed by atoms with Gasteiger partial charge in [0.05, 0.1) is 12.9 Å². The van der Waals surface area contributed by atoms with Crippen LogP contribution in [0.15, 0.2) is 18.2 Å². The molecule has 0 saturated carbocycles. The summed E-state index contributed by atoms with van der Waals surface area (Å²) in [5.74, 6) is 5.00. The van der Waals surface area contributed by atoms with Gasteiger partial charge in [-0.3, -0.25) is 23.9 Å². The van der Waals surface area contributed by atoms with E-state index < -0.39 is 22.1 Å². The lowest BCUT2D eigenvalue weighted by Crippen LogP contribution is -2.52. The molecule has 2 heterocycles. The van der Waals surface area contributed by atoms with Gasteiger partial charge in [0.15, 0.2) is 0 Å². The highest BCUT2D eigenvalue weighted by molar-refractivity contribution is 7.85. The quantitative estimate of drug-likeness (QED) is 0.251. The van der Waals surface area contributed by atoms with Crippen LogP contribution in [0.2, 0.25) is 0 Å². The monoisotopic (exact) mass is 462 g/mol.